The Balaban J connectivity index is 1.49. The summed E-state index contributed by atoms with van der Waals surface area (Å²) in [5.41, 5.74) is 1.06. The number of para-hydroxylation sites is 1. The molecule has 0 amide bonds. The van der Waals surface area contributed by atoms with Crippen LogP contribution < -0.4 is 0 Å². The third-order valence-corrected chi connectivity index (χ3v) is 5.25. The molecule has 1 saturated heterocycles. The largest absolute Gasteiger partial charge is 0.390 e. The van der Waals surface area contributed by atoms with Crippen LogP contribution in [0.1, 0.15) is 18.9 Å². The zero-order valence-corrected chi connectivity index (χ0v) is 15.5. The number of morpholine rings is 1. The molecule has 132 valence electrons. The fraction of sp³-hybridized carbons (Fsp3) is 0.611. The topological polar surface area (TPSA) is 48.8 Å². The zero-order valence-electron chi connectivity index (χ0n) is 14.7. The highest BCUT2D eigenvalue weighted by Gasteiger charge is 2.24. The Labute approximate surface area is 147 Å². The number of hydrogen-bond donors (Lipinski definition) is 1. The van der Waals surface area contributed by atoms with E-state index in [2.05, 4.69) is 34.7 Å². The van der Waals surface area contributed by atoms with Crippen molar-refractivity contribution in [1.82, 2.24) is 14.8 Å². The van der Waals surface area contributed by atoms with Crippen LogP contribution in [0.15, 0.2) is 24.3 Å². The number of aliphatic hydroxyl groups excluding tert-OH is 1. The molecule has 0 spiro atoms. The highest BCUT2D eigenvalue weighted by molar-refractivity contribution is 7.18. The van der Waals surface area contributed by atoms with Gasteiger partial charge in [-0.25, -0.2) is 4.98 Å². The molecular weight excluding hydrogens is 322 g/mol. The summed E-state index contributed by atoms with van der Waals surface area (Å²) in [5.74, 6) is 0. The summed E-state index contributed by atoms with van der Waals surface area (Å²) in [6.45, 7) is 8.08. The van der Waals surface area contributed by atoms with Crippen LogP contribution in [-0.2, 0) is 11.3 Å². The van der Waals surface area contributed by atoms with Crippen LogP contribution in [0.5, 0.6) is 0 Å². The van der Waals surface area contributed by atoms with Crippen molar-refractivity contribution in [3.8, 4) is 0 Å². The normalized spacial score (nSPS) is 23.9. The van der Waals surface area contributed by atoms with Crippen molar-refractivity contribution < 1.29 is 9.84 Å². The fourth-order valence-electron chi connectivity index (χ4n) is 3.43. The monoisotopic (exact) mass is 349 g/mol. The van der Waals surface area contributed by atoms with E-state index in [1.165, 1.54) is 4.70 Å². The van der Waals surface area contributed by atoms with Gasteiger partial charge in [0.25, 0.3) is 0 Å². The van der Waals surface area contributed by atoms with Gasteiger partial charge in [0.15, 0.2) is 0 Å². The summed E-state index contributed by atoms with van der Waals surface area (Å²) in [6.07, 6.45) is 0.115. The highest BCUT2D eigenvalue weighted by atomic mass is 32.1. The number of aromatic nitrogens is 1. The Kier molecular flexibility index (Phi) is 5.84. The Morgan fingerprint density at radius 1 is 1.33 bits per heavy atom. The molecule has 2 heterocycles. The summed E-state index contributed by atoms with van der Waals surface area (Å²) in [6, 6.07) is 8.21. The van der Waals surface area contributed by atoms with Gasteiger partial charge in [-0.2, -0.15) is 0 Å². The minimum Gasteiger partial charge on any atom is -0.390 e. The number of nitrogens with zero attached hydrogens (tertiary/aromatic N) is 3. The molecule has 1 N–H and O–H groups in total. The van der Waals surface area contributed by atoms with Crippen molar-refractivity contribution in [3.05, 3.63) is 29.3 Å². The van der Waals surface area contributed by atoms with E-state index >= 15 is 0 Å². The van der Waals surface area contributed by atoms with E-state index in [-0.39, 0.29) is 18.3 Å². The molecule has 3 rings (SSSR count). The lowest BCUT2D eigenvalue weighted by molar-refractivity contribution is -0.0777. The van der Waals surface area contributed by atoms with E-state index < -0.39 is 0 Å². The Hall–Kier alpha value is -1.05. The molecule has 1 fully saturated rings. The minimum absolute atomic E-state index is 0.237. The molecule has 0 saturated carbocycles. The SMILES string of the molecule is CC1CN(CC(O)CN(C)Cc2nc3ccccc3s2)CC(C)O1. The van der Waals surface area contributed by atoms with Gasteiger partial charge in [-0.1, -0.05) is 12.1 Å². The number of thiazole rings is 1. The van der Waals surface area contributed by atoms with Crippen molar-refractivity contribution in [1.29, 1.82) is 0 Å². The quantitative estimate of drug-likeness (QED) is 0.866. The maximum Gasteiger partial charge on any atom is 0.108 e. The number of fused-ring (bicyclic) bond motifs is 1. The molecule has 1 aliphatic heterocycles. The predicted molar refractivity (Wildman–Crippen MR) is 98.4 cm³/mol. The van der Waals surface area contributed by atoms with Gasteiger partial charge in [0.2, 0.25) is 0 Å². The first kappa shape index (κ1) is 17.8. The van der Waals surface area contributed by atoms with E-state index in [0.29, 0.717) is 13.1 Å². The van der Waals surface area contributed by atoms with E-state index in [9.17, 15) is 5.11 Å². The first-order valence-electron chi connectivity index (χ1n) is 8.58. The van der Waals surface area contributed by atoms with Crippen molar-refractivity contribution >= 4 is 21.6 Å². The lowest BCUT2D eigenvalue weighted by atomic mass is 10.2. The maximum absolute atomic E-state index is 10.4. The number of β-amino-alcohol motifs (C(OH)–C–C–N with tert-alkyl or cyclic N) is 1. The standard InChI is InChI=1S/C18H27N3O2S/c1-13-8-21(9-14(2)23-13)11-15(22)10-20(3)12-18-19-16-6-4-5-7-17(16)24-18/h4-7,13-15,22H,8-12H2,1-3H3. The summed E-state index contributed by atoms with van der Waals surface area (Å²) in [7, 11) is 2.04. The third kappa shape index (κ3) is 4.74. The molecule has 3 atom stereocenters. The molecule has 6 heteroatoms. The molecule has 0 bridgehead atoms. The number of likely N-dealkylation sites (N-methyl/N-ethyl adjacent to an activating group) is 1. The average molecular weight is 350 g/mol. The Bertz CT molecular complexity index is 620. The molecule has 24 heavy (non-hydrogen) atoms. The zero-order chi connectivity index (χ0) is 17.1. The second-order valence-electron chi connectivity index (χ2n) is 6.90. The molecular formula is C18H27N3O2S. The fourth-order valence-corrected chi connectivity index (χ4v) is 4.48. The smallest absolute Gasteiger partial charge is 0.108 e. The van der Waals surface area contributed by atoms with E-state index in [0.717, 1.165) is 30.2 Å². The van der Waals surface area contributed by atoms with Gasteiger partial charge in [0.05, 0.1) is 35.1 Å². The second kappa shape index (κ2) is 7.89. The molecule has 3 unspecified atom stereocenters. The first-order chi connectivity index (χ1) is 11.5. The lowest BCUT2D eigenvalue weighted by Gasteiger charge is -2.36. The number of rotatable bonds is 6. The van der Waals surface area contributed by atoms with E-state index in [1.807, 2.05) is 25.2 Å². The second-order valence-corrected chi connectivity index (χ2v) is 8.02. The van der Waals surface area contributed by atoms with Crippen molar-refractivity contribution in [2.24, 2.45) is 0 Å². The maximum atomic E-state index is 10.4. The van der Waals surface area contributed by atoms with Gasteiger partial charge in [0.1, 0.15) is 5.01 Å². The molecule has 1 aromatic heterocycles. The number of hydrogen-bond acceptors (Lipinski definition) is 6. The lowest BCUT2D eigenvalue weighted by Crippen LogP contribution is -2.49. The summed E-state index contributed by atoms with van der Waals surface area (Å²) in [5, 5.41) is 11.5. The summed E-state index contributed by atoms with van der Waals surface area (Å²) >= 11 is 1.73. The van der Waals surface area contributed by atoms with Crippen molar-refractivity contribution in [2.75, 3.05) is 33.2 Å². The highest BCUT2D eigenvalue weighted by Crippen LogP contribution is 2.22. The van der Waals surface area contributed by atoms with Crippen LogP contribution in [0.25, 0.3) is 10.2 Å². The van der Waals surface area contributed by atoms with Crippen LogP contribution in [0.3, 0.4) is 0 Å². The summed E-state index contributed by atoms with van der Waals surface area (Å²) in [4.78, 5) is 9.11. The van der Waals surface area contributed by atoms with Crippen LogP contribution in [0.4, 0.5) is 0 Å². The van der Waals surface area contributed by atoms with Crippen molar-refractivity contribution in [3.63, 3.8) is 0 Å². The minimum atomic E-state index is -0.359. The van der Waals surface area contributed by atoms with E-state index in [4.69, 9.17) is 4.74 Å². The molecule has 5 nitrogen and oxygen atoms in total. The van der Waals surface area contributed by atoms with Crippen LogP contribution in [-0.4, -0.2) is 71.4 Å². The van der Waals surface area contributed by atoms with Crippen LogP contribution >= 0.6 is 11.3 Å². The molecule has 0 radical (unpaired) electrons. The number of aliphatic hydroxyl groups is 1. The first-order valence-corrected chi connectivity index (χ1v) is 9.40. The van der Waals surface area contributed by atoms with Crippen LogP contribution in [0, 0.1) is 0 Å². The number of benzene rings is 1. The molecule has 2 aromatic rings. The van der Waals surface area contributed by atoms with Gasteiger partial charge in [0, 0.05) is 26.2 Å². The van der Waals surface area contributed by atoms with Gasteiger partial charge >= 0.3 is 0 Å². The van der Waals surface area contributed by atoms with Crippen LogP contribution in [0.2, 0.25) is 0 Å². The Morgan fingerprint density at radius 3 is 2.75 bits per heavy atom. The van der Waals surface area contributed by atoms with Gasteiger partial charge in [-0.3, -0.25) is 9.80 Å². The molecule has 1 aromatic carbocycles. The number of ether oxygens (including phenoxy) is 1. The van der Waals surface area contributed by atoms with E-state index in [1.54, 1.807) is 11.3 Å². The average Bonchev–Trinajstić information content (AvgIpc) is 2.87. The van der Waals surface area contributed by atoms with Gasteiger partial charge in [-0.05, 0) is 33.0 Å². The molecule has 0 aliphatic carbocycles. The third-order valence-electron chi connectivity index (χ3n) is 4.23. The van der Waals surface area contributed by atoms with Gasteiger partial charge < -0.3 is 9.84 Å². The van der Waals surface area contributed by atoms with Gasteiger partial charge in [-0.15, -0.1) is 11.3 Å². The summed E-state index contributed by atoms with van der Waals surface area (Å²) < 4.78 is 6.97. The van der Waals surface area contributed by atoms with Crippen molar-refractivity contribution in [2.45, 2.75) is 38.7 Å². The predicted octanol–water partition coefficient (Wildman–Crippen LogP) is 2.20. The Morgan fingerprint density at radius 2 is 2.04 bits per heavy atom. The molecule has 1 aliphatic rings.